The summed E-state index contributed by atoms with van der Waals surface area (Å²) < 4.78 is 41.8. The van der Waals surface area contributed by atoms with E-state index in [1.165, 1.54) is 12.1 Å². The predicted molar refractivity (Wildman–Crippen MR) is 114 cm³/mol. The van der Waals surface area contributed by atoms with Crippen molar-refractivity contribution in [2.24, 2.45) is 0 Å². The normalized spacial score (nSPS) is 12.3. The van der Waals surface area contributed by atoms with Crippen molar-refractivity contribution in [1.82, 2.24) is 10.0 Å². The second kappa shape index (κ2) is 9.84. The first kappa shape index (κ1) is 22.0. The van der Waals surface area contributed by atoms with Crippen molar-refractivity contribution in [1.29, 1.82) is 0 Å². The van der Waals surface area contributed by atoms with Gasteiger partial charge in [0.05, 0.1) is 0 Å². The Labute approximate surface area is 179 Å². The van der Waals surface area contributed by atoms with Gasteiger partial charge in [-0.05, 0) is 35.7 Å². The zero-order valence-corrected chi connectivity index (χ0v) is 17.5. The molecule has 8 heteroatoms. The number of hydrogen-bond donors (Lipinski definition) is 2. The van der Waals surface area contributed by atoms with E-state index in [0.29, 0.717) is 10.6 Å². The van der Waals surface area contributed by atoms with Gasteiger partial charge in [-0.15, -0.1) is 0 Å². The molecule has 0 aliphatic carbocycles. The second-order valence-corrected chi connectivity index (χ2v) is 8.69. The van der Waals surface area contributed by atoms with Crippen LogP contribution in [0.5, 0.6) is 0 Å². The molecular formula is C22H20ClFN2O3S. The summed E-state index contributed by atoms with van der Waals surface area (Å²) in [6, 6.07) is 19.9. The van der Waals surface area contributed by atoms with E-state index in [0.717, 1.165) is 17.7 Å². The van der Waals surface area contributed by atoms with Crippen LogP contribution < -0.4 is 10.0 Å². The van der Waals surface area contributed by atoms with E-state index >= 15 is 0 Å². The largest absolute Gasteiger partial charge is 0.351 e. The molecule has 0 fully saturated rings. The standard InChI is InChI=1S/C22H20ClFN2O3S/c23-18-11-5-4-10-17(18)15-25-22(27)20(14-16-8-2-1-3-9-16)26-30(28,29)21-13-7-6-12-19(21)24/h1-13,20,26H,14-15H2,(H,25,27). The maximum atomic E-state index is 14.0. The van der Waals surface area contributed by atoms with E-state index in [2.05, 4.69) is 10.0 Å². The first-order valence-electron chi connectivity index (χ1n) is 9.19. The Morgan fingerprint density at radius 2 is 1.57 bits per heavy atom. The molecule has 1 amide bonds. The van der Waals surface area contributed by atoms with Crippen LogP contribution in [0.25, 0.3) is 0 Å². The number of carbonyl (C=O) groups excluding carboxylic acids is 1. The van der Waals surface area contributed by atoms with Gasteiger partial charge in [0.25, 0.3) is 0 Å². The summed E-state index contributed by atoms with van der Waals surface area (Å²) >= 11 is 6.12. The average molecular weight is 447 g/mol. The molecule has 30 heavy (non-hydrogen) atoms. The molecule has 3 rings (SSSR count). The third kappa shape index (κ3) is 5.66. The zero-order chi connectivity index (χ0) is 21.6. The molecule has 3 aromatic carbocycles. The number of rotatable bonds is 8. The Balaban J connectivity index is 1.82. The van der Waals surface area contributed by atoms with E-state index in [1.807, 2.05) is 6.07 Å². The molecule has 1 unspecified atom stereocenters. The molecule has 5 nitrogen and oxygen atoms in total. The molecular weight excluding hydrogens is 427 g/mol. The highest BCUT2D eigenvalue weighted by atomic mass is 35.5. The van der Waals surface area contributed by atoms with Gasteiger partial charge >= 0.3 is 0 Å². The first-order chi connectivity index (χ1) is 14.4. The van der Waals surface area contributed by atoms with Crippen molar-refractivity contribution < 1.29 is 17.6 Å². The van der Waals surface area contributed by atoms with Crippen molar-refractivity contribution in [3.05, 3.63) is 101 Å². The summed E-state index contributed by atoms with van der Waals surface area (Å²) in [7, 11) is -4.26. The fraction of sp³-hybridized carbons (Fsp3) is 0.136. The maximum Gasteiger partial charge on any atom is 0.244 e. The Morgan fingerprint density at radius 3 is 2.27 bits per heavy atom. The number of carbonyl (C=O) groups is 1. The fourth-order valence-electron chi connectivity index (χ4n) is 2.90. The van der Waals surface area contributed by atoms with Gasteiger partial charge in [0.15, 0.2) is 0 Å². The number of hydrogen-bond acceptors (Lipinski definition) is 3. The van der Waals surface area contributed by atoms with Gasteiger partial charge in [0, 0.05) is 11.6 Å². The van der Waals surface area contributed by atoms with Crippen LogP contribution in [0.1, 0.15) is 11.1 Å². The molecule has 1 atom stereocenters. The van der Waals surface area contributed by atoms with E-state index in [9.17, 15) is 17.6 Å². The van der Waals surface area contributed by atoms with Gasteiger partial charge in [-0.25, -0.2) is 12.8 Å². The predicted octanol–water partition coefficient (Wildman–Crippen LogP) is 3.69. The highest BCUT2D eigenvalue weighted by Gasteiger charge is 2.27. The van der Waals surface area contributed by atoms with Crippen molar-refractivity contribution in [3.8, 4) is 0 Å². The lowest BCUT2D eigenvalue weighted by atomic mass is 10.1. The first-order valence-corrected chi connectivity index (χ1v) is 11.0. The molecule has 3 aromatic rings. The van der Waals surface area contributed by atoms with E-state index in [-0.39, 0.29) is 13.0 Å². The number of nitrogens with one attached hydrogen (secondary N) is 2. The van der Waals surface area contributed by atoms with E-state index in [1.54, 1.807) is 48.5 Å². The van der Waals surface area contributed by atoms with Gasteiger partial charge in [-0.3, -0.25) is 4.79 Å². The molecule has 156 valence electrons. The summed E-state index contributed by atoms with van der Waals surface area (Å²) in [4.78, 5) is 12.3. The van der Waals surface area contributed by atoms with Crippen molar-refractivity contribution >= 4 is 27.5 Å². The summed E-state index contributed by atoms with van der Waals surface area (Å²) in [5, 5.41) is 3.19. The van der Waals surface area contributed by atoms with Crippen LogP contribution in [-0.4, -0.2) is 20.4 Å². The lowest BCUT2D eigenvalue weighted by Crippen LogP contribution is -2.47. The lowest BCUT2D eigenvalue weighted by molar-refractivity contribution is -0.122. The summed E-state index contributed by atoms with van der Waals surface area (Å²) in [6.45, 7) is 0.130. The van der Waals surface area contributed by atoms with Crippen LogP contribution >= 0.6 is 11.6 Å². The SMILES string of the molecule is O=C(NCc1ccccc1Cl)C(Cc1ccccc1)NS(=O)(=O)c1ccccc1F. The fourth-order valence-corrected chi connectivity index (χ4v) is 4.38. The minimum absolute atomic E-state index is 0.100. The molecule has 0 aliphatic rings. The Kier molecular flexibility index (Phi) is 7.20. The van der Waals surface area contributed by atoms with Gasteiger partial charge < -0.3 is 5.32 Å². The summed E-state index contributed by atoms with van der Waals surface area (Å²) in [6.07, 6.45) is 0.100. The summed E-state index contributed by atoms with van der Waals surface area (Å²) in [5.41, 5.74) is 1.45. The summed E-state index contributed by atoms with van der Waals surface area (Å²) in [5.74, 6) is -1.43. The van der Waals surface area contributed by atoms with Gasteiger partial charge in [-0.1, -0.05) is 72.3 Å². The Morgan fingerprint density at radius 1 is 0.933 bits per heavy atom. The number of halogens is 2. The monoisotopic (exact) mass is 446 g/mol. The molecule has 0 saturated heterocycles. The minimum atomic E-state index is -4.26. The number of amides is 1. The van der Waals surface area contributed by atoms with E-state index < -0.39 is 32.7 Å². The van der Waals surface area contributed by atoms with Crippen LogP contribution in [0.15, 0.2) is 83.8 Å². The van der Waals surface area contributed by atoms with E-state index in [4.69, 9.17) is 11.6 Å². The highest BCUT2D eigenvalue weighted by molar-refractivity contribution is 7.89. The van der Waals surface area contributed by atoms with Gasteiger partial charge in [-0.2, -0.15) is 4.72 Å². The second-order valence-electron chi connectivity index (χ2n) is 6.60. The molecule has 0 saturated carbocycles. The molecule has 0 bridgehead atoms. The Hall–Kier alpha value is -2.74. The zero-order valence-electron chi connectivity index (χ0n) is 15.9. The third-order valence-electron chi connectivity index (χ3n) is 4.43. The molecule has 0 radical (unpaired) electrons. The third-order valence-corrected chi connectivity index (χ3v) is 6.31. The van der Waals surface area contributed by atoms with Crippen LogP contribution in [0.3, 0.4) is 0 Å². The number of benzene rings is 3. The van der Waals surface area contributed by atoms with Crippen LogP contribution in [0.4, 0.5) is 4.39 Å². The molecule has 2 N–H and O–H groups in total. The van der Waals surface area contributed by atoms with Crippen LogP contribution in [0, 0.1) is 5.82 Å². The lowest BCUT2D eigenvalue weighted by Gasteiger charge is -2.19. The van der Waals surface area contributed by atoms with Crippen molar-refractivity contribution in [3.63, 3.8) is 0 Å². The van der Waals surface area contributed by atoms with Crippen LogP contribution in [-0.2, 0) is 27.8 Å². The Bertz CT molecular complexity index is 1120. The molecule has 0 aliphatic heterocycles. The minimum Gasteiger partial charge on any atom is -0.351 e. The van der Waals surface area contributed by atoms with Crippen molar-refractivity contribution in [2.45, 2.75) is 23.9 Å². The van der Waals surface area contributed by atoms with Crippen molar-refractivity contribution in [2.75, 3.05) is 0 Å². The smallest absolute Gasteiger partial charge is 0.244 e. The molecule has 0 heterocycles. The maximum absolute atomic E-state index is 14.0. The topological polar surface area (TPSA) is 75.3 Å². The van der Waals surface area contributed by atoms with Crippen LogP contribution in [0.2, 0.25) is 5.02 Å². The molecule has 0 aromatic heterocycles. The van der Waals surface area contributed by atoms with Gasteiger partial charge in [0.1, 0.15) is 16.8 Å². The average Bonchev–Trinajstić information content (AvgIpc) is 2.73. The van der Waals surface area contributed by atoms with Gasteiger partial charge in [0.2, 0.25) is 15.9 Å². The molecule has 0 spiro atoms. The number of sulfonamides is 1. The quantitative estimate of drug-likeness (QED) is 0.554. The highest BCUT2D eigenvalue weighted by Crippen LogP contribution is 2.16.